The summed E-state index contributed by atoms with van der Waals surface area (Å²) in [5, 5.41) is 4.15. The van der Waals surface area contributed by atoms with Crippen molar-refractivity contribution in [1.29, 1.82) is 0 Å². The molecule has 0 radical (unpaired) electrons. The molecule has 0 aliphatic carbocycles. The van der Waals surface area contributed by atoms with Gasteiger partial charge >= 0.3 is 0 Å². The van der Waals surface area contributed by atoms with Crippen molar-refractivity contribution >= 4 is 10.0 Å². The lowest BCUT2D eigenvalue weighted by Gasteiger charge is -2.28. The zero-order valence-electron chi connectivity index (χ0n) is 13.9. The number of likely N-dealkylation sites (N-methyl/N-ethyl adjacent to an activating group) is 1. The number of nitrogens with zero attached hydrogens (tertiary/aromatic N) is 4. The van der Waals surface area contributed by atoms with Crippen molar-refractivity contribution in [3.8, 4) is 0 Å². The molecule has 7 nitrogen and oxygen atoms in total. The van der Waals surface area contributed by atoms with Crippen molar-refractivity contribution in [2.75, 3.05) is 39.5 Å². The van der Waals surface area contributed by atoms with Crippen molar-refractivity contribution in [1.82, 2.24) is 24.3 Å². The predicted molar refractivity (Wildman–Crippen MR) is 87.3 cm³/mol. The minimum Gasteiger partial charge on any atom is -0.304 e. The predicted octanol–water partition coefficient (Wildman–Crippen LogP) is -0.186. The summed E-state index contributed by atoms with van der Waals surface area (Å²) in [6.45, 7) is 2.79. The Morgan fingerprint density at radius 3 is 2.87 bits per heavy atom. The molecule has 0 amide bonds. The van der Waals surface area contributed by atoms with E-state index in [1.807, 2.05) is 29.7 Å². The summed E-state index contributed by atoms with van der Waals surface area (Å²) < 4.78 is 40.3. The van der Waals surface area contributed by atoms with Crippen LogP contribution in [-0.2, 0) is 23.6 Å². The number of sulfonamides is 1. The lowest BCUT2D eigenvalue weighted by molar-refractivity contribution is 0.182. The molecule has 0 saturated carbocycles. The first-order valence-corrected chi connectivity index (χ1v) is 9.62. The monoisotopic (exact) mass is 347 g/mol. The van der Waals surface area contributed by atoms with Gasteiger partial charge in [-0.25, -0.2) is 17.5 Å². The maximum absolute atomic E-state index is 13.8. The van der Waals surface area contributed by atoms with Gasteiger partial charge in [-0.15, -0.1) is 0 Å². The summed E-state index contributed by atoms with van der Waals surface area (Å²) in [6, 6.07) is 2.07. The van der Waals surface area contributed by atoms with E-state index >= 15 is 0 Å². The average Bonchev–Trinajstić information content (AvgIpc) is 2.95. The van der Waals surface area contributed by atoms with Gasteiger partial charge < -0.3 is 4.90 Å². The highest BCUT2D eigenvalue weighted by Crippen LogP contribution is 2.23. The van der Waals surface area contributed by atoms with Gasteiger partial charge in [-0.1, -0.05) is 0 Å². The fourth-order valence-corrected chi connectivity index (χ4v) is 3.41. The van der Waals surface area contributed by atoms with Gasteiger partial charge in [-0.2, -0.15) is 5.10 Å². The Bertz CT molecular complexity index is 606. The molecular weight excluding hydrogens is 321 g/mol. The Kier molecular flexibility index (Phi) is 6.12. The van der Waals surface area contributed by atoms with E-state index in [-0.39, 0.29) is 6.04 Å². The van der Waals surface area contributed by atoms with Gasteiger partial charge in [-0.05, 0) is 19.5 Å². The second kappa shape index (κ2) is 7.69. The van der Waals surface area contributed by atoms with E-state index in [4.69, 9.17) is 0 Å². The van der Waals surface area contributed by atoms with Gasteiger partial charge in [0, 0.05) is 52.0 Å². The Hall–Kier alpha value is -1.03. The number of hydrogen-bond donors (Lipinski definition) is 1. The summed E-state index contributed by atoms with van der Waals surface area (Å²) in [5.74, 6) is 0. The van der Waals surface area contributed by atoms with Crippen LogP contribution in [0, 0.1) is 0 Å². The molecule has 0 unspecified atom stereocenters. The highest BCUT2D eigenvalue weighted by Gasteiger charge is 2.33. The van der Waals surface area contributed by atoms with Crippen LogP contribution in [0.1, 0.15) is 12.1 Å². The maximum atomic E-state index is 13.8. The molecule has 1 aromatic rings. The van der Waals surface area contributed by atoms with Crippen LogP contribution in [-0.4, -0.2) is 79.7 Å². The average molecular weight is 347 g/mol. The number of hydrogen-bond acceptors (Lipinski definition) is 5. The molecule has 1 aliphatic rings. The lowest BCUT2D eigenvalue weighted by Crippen LogP contribution is -2.41. The number of aromatic nitrogens is 2. The van der Waals surface area contributed by atoms with Gasteiger partial charge in [0.1, 0.15) is 6.17 Å². The van der Waals surface area contributed by atoms with Crippen molar-refractivity contribution < 1.29 is 12.8 Å². The third kappa shape index (κ3) is 5.83. The fourth-order valence-electron chi connectivity index (χ4n) is 2.94. The standard InChI is InChI=1S/C14H26FN5O2S/c1-18(7-6-17-23(3,21)22)10-14-8-12(15)9-20(14)11-13-4-5-16-19(13)2/h4-5,12,14,17H,6-11H2,1-3H3/t12-,14-/m0/s1. The van der Waals surface area contributed by atoms with Gasteiger partial charge in [0.05, 0.1) is 11.9 Å². The summed E-state index contributed by atoms with van der Waals surface area (Å²) in [6.07, 6.45) is 2.60. The second-order valence-corrected chi connectivity index (χ2v) is 8.12. The number of rotatable bonds is 8. The first-order valence-electron chi connectivity index (χ1n) is 7.73. The Labute approximate surface area is 137 Å². The Morgan fingerprint density at radius 2 is 2.26 bits per heavy atom. The normalized spacial score (nSPS) is 23.0. The van der Waals surface area contributed by atoms with Crippen molar-refractivity contribution in [2.45, 2.75) is 25.2 Å². The van der Waals surface area contributed by atoms with Crippen molar-refractivity contribution in [3.05, 3.63) is 18.0 Å². The highest BCUT2D eigenvalue weighted by molar-refractivity contribution is 7.88. The second-order valence-electron chi connectivity index (χ2n) is 6.29. The molecule has 23 heavy (non-hydrogen) atoms. The SMILES string of the molecule is CN(CCNS(C)(=O)=O)C[C@@H]1C[C@H](F)CN1Cc1ccnn1C. The topological polar surface area (TPSA) is 70.5 Å². The number of halogens is 1. The van der Waals surface area contributed by atoms with E-state index in [9.17, 15) is 12.8 Å². The van der Waals surface area contributed by atoms with Crippen molar-refractivity contribution in [3.63, 3.8) is 0 Å². The van der Waals surface area contributed by atoms with E-state index < -0.39 is 16.2 Å². The molecule has 1 N–H and O–H groups in total. The van der Waals surface area contributed by atoms with Crippen LogP contribution in [0.15, 0.2) is 12.3 Å². The van der Waals surface area contributed by atoms with Crippen LogP contribution in [0.25, 0.3) is 0 Å². The van der Waals surface area contributed by atoms with Crippen molar-refractivity contribution in [2.24, 2.45) is 7.05 Å². The molecule has 2 rings (SSSR count). The number of alkyl halides is 1. The van der Waals surface area contributed by atoms with Gasteiger partial charge in [-0.3, -0.25) is 9.58 Å². The molecule has 1 saturated heterocycles. The smallest absolute Gasteiger partial charge is 0.208 e. The molecule has 1 aromatic heterocycles. The van der Waals surface area contributed by atoms with Crippen LogP contribution in [0.3, 0.4) is 0 Å². The third-order valence-corrected chi connectivity index (χ3v) is 4.87. The molecule has 2 heterocycles. The van der Waals surface area contributed by atoms with Crippen LogP contribution in [0.5, 0.6) is 0 Å². The largest absolute Gasteiger partial charge is 0.304 e. The Morgan fingerprint density at radius 1 is 1.52 bits per heavy atom. The fraction of sp³-hybridized carbons (Fsp3) is 0.786. The van der Waals surface area contributed by atoms with Crippen LogP contribution < -0.4 is 4.72 Å². The van der Waals surface area contributed by atoms with E-state index in [2.05, 4.69) is 14.7 Å². The number of nitrogens with one attached hydrogen (secondary N) is 1. The van der Waals surface area contributed by atoms with Gasteiger partial charge in [0.25, 0.3) is 0 Å². The quantitative estimate of drug-likeness (QED) is 0.706. The lowest BCUT2D eigenvalue weighted by atomic mass is 10.2. The van der Waals surface area contributed by atoms with Crippen LogP contribution in [0.2, 0.25) is 0 Å². The van der Waals surface area contributed by atoms with Gasteiger partial charge in [0.15, 0.2) is 0 Å². The molecule has 9 heteroatoms. The van der Waals surface area contributed by atoms with E-state index in [0.717, 1.165) is 11.9 Å². The molecule has 1 aliphatic heterocycles. The summed E-state index contributed by atoms with van der Waals surface area (Å²) in [5.41, 5.74) is 1.06. The summed E-state index contributed by atoms with van der Waals surface area (Å²) >= 11 is 0. The molecule has 2 atom stereocenters. The highest BCUT2D eigenvalue weighted by atomic mass is 32.2. The molecule has 1 fully saturated rings. The summed E-state index contributed by atoms with van der Waals surface area (Å²) in [4.78, 5) is 4.18. The van der Waals surface area contributed by atoms with Crippen LogP contribution in [0.4, 0.5) is 4.39 Å². The van der Waals surface area contributed by atoms with Crippen LogP contribution >= 0.6 is 0 Å². The first-order chi connectivity index (χ1) is 10.7. The van der Waals surface area contributed by atoms with E-state index in [1.54, 1.807) is 6.20 Å². The van der Waals surface area contributed by atoms with Gasteiger partial charge in [0.2, 0.25) is 10.0 Å². The Balaban J connectivity index is 1.85. The minimum atomic E-state index is -3.16. The molecule has 0 bridgehead atoms. The first kappa shape index (κ1) is 18.3. The molecule has 0 aromatic carbocycles. The number of likely N-dealkylation sites (tertiary alicyclic amines) is 1. The zero-order chi connectivity index (χ0) is 17.0. The minimum absolute atomic E-state index is 0.128. The van der Waals surface area contributed by atoms with E-state index in [1.165, 1.54) is 0 Å². The third-order valence-electron chi connectivity index (χ3n) is 4.14. The van der Waals surface area contributed by atoms with E-state index in [0.29, 0.717) is 39.1 Å². The zero-order valence-corrected chi connectivity index (χ0v) is 14.8. The summed E-state index contributed by atoms with van der Waals surface area (Å²) in [7, 11) is 0.651. The molecule has 132 valence electrons. The molecular formula is C14H26FN5O2S. The number of aryl methyl sites for hydroxylation is 1. The molecule has 0 spiro atoms. The maximum Gasteiger partial charge on any atom is 0.208 e.